The van der Waals surface area contributed by atoms with E-state index in [4.69, 9.17) is 18.9 Å². The normalized spacial score (nSPS) is 39.2. The van der Waals surface area contributed by atoms with Crippen LogP contribution in [0.15, 0.2) is 12.1 Å². The molecule has 5 aliphatic rings. The molecule has 6 heteroatoms. The summed E-state index contributed by atoms with van der Waals surface area (Å²) in [5, 5.41) is 0. The van der Waals surface area contributed by atoms with E-state index in [1.807, 2.05) is 26.0 Å². The molecular formula is C19H21NO5. The summed E-state index contributed by atoms with van der Waals surface area (Å²) in [7, 11) is 0. The molecule has 5 atom stereocenters. The molecule has 0 radical (unpaired) electrons. The van der Waals surface area contributed by atoms with Crippen LogP contribution in [0.4, 0.5) is 0 Å². The van der Waals surface area contributed by atoms with Gasteiger partial charge in [0.1, 0.15) is 0 Å². The lowest BCUT2D eigenvalue weighted by molar-refractivity contribution is -0.147. The van der Waals surface area contributed by atoms with Crippen LogP contribution in [0.25, 0.3) is 0 Å². The van der Waals surface area contributed by atoms with Crippen LogP contribution in [0.1, 0.15) is 48.5 Å². The molecule has 25 heavy (non-hydrogen) atoms. The van der Waals surface area contributed by atoms with Gasteiger partial charge in [-0.15, -0.1) is 0 Å². The molecule has 6 rings (SSSR count). The van der Waals surface area contributed by atoms with E-state index in [9.17, 15) is 4.79 Å². The lowest BCUT2D eigenvalue weighted by Crippen LogP contribution is -2.55. The van der Waals surface area contributed by atoms with E-state index in [0.717, 1.165) is 36.3 Å². The second-order valence-electron chi connectivity index (χ2n) is 8.23. The molecule has 2 saturated heterocycles. The summed E-state index contributed by atoms with van der Waals surface area (Å²) >= 11 is 0. The number of hydrogen-bond donors (Lipinski definition) is 0. The van der Waals surface area contributed by atoms with Crippen LogP contribution in [0.2, 0.25) is 0 Å². The van der Waals surface area contributed by atoms with Gasteiger partial charge in [0.15, 0.2) is 17.3 Å². The number of benzene rings is 1. The number of carbonyl (C=O) groups excluding carboxylic acids is 1. The van der Waals surface area contributed by atoms with Crippen LogP contribution in [0.3, 0.4) is 0 Å². The quantitative estimate of drug-likeness (QED) is 0.723. The first-order chi connectivity index (χ1) is 12.0. The molecule has 132 valence electrons. The van der Waals surface area contributed by atoms with Crippen LogP contribution < -0.4 is 9.47 Å². The average molecular weight is 343 g/mol. The third-order valence-electron chi connectivity index (χ3n) is 6.46. The van der Waals surface area contributed by atoms with Crippen LogP contribution in [0.5, 0.6) is 11.5 Å². The Morgan fingerprint density at radius 2 is 1.96 bits per heavy atom. The van der Waals surface area contributed by atoms with Crippen LogP contribution in [0, 0.1) is 5.92 Å². The van der Waals surface area contributed by atoms with Crippen molar-refractivity contribution < 1.29 is 23.7 Å². The highest BCUT2D eigenvalue weighted by Crippen LogP contribution is 2.55. The Balaban J connectivity index is 1.54. The molecule has 1 aliphatic carbocycles. The summed E-state index contributed by atoms with van der Waals surface area (Å²) in [5.41, 5.74) is 1.78. The lowest BCUT2D eigenvalue weighted by Gasteiger charge is -2.47. The number of fused-ring (bicyclic) bond motifs is 5. The van der Waals surface area contributed by atoms with Gasteiger partial charge in [-0.05, 0) is 50.3 Å². The summed E-state index contributed by atoms with van der Waals surface area (Å²) in [5.74, 6) is 1.55. The zero-order valence-electron chi connectivity index (χ0n) is 14.4. The van der Waals surface area contributed by atoms with E-state index in [-0.39, 0.29) is 36.9 Å². The van der Waals surface area contributed by atoms with Crippen LogP contribution in [-0.2, 0) is 9.47 Å². The Morgan fingerprint density at radius 3 is 2.80 bits per heavy atom. The Bertz CT molecular complexity index is 790. The third-order valence-corrected chi connectivity index (χ3v) is 6.46. The smallest absolute Gasteiger partial charge is 0.254 e. The van der Waals surface area contributed by atoms with Gasteiger partial charge >= 0.3 is 0 Å². The molecule has 0 N–H and O–H groups in total. The van der Waals surface area contributed by atoms with Crippen molar-refractivity contribution in [2.24, 2.45) is 5.92 Å². The van der Waals surface area contributed by atoms with E-state index < -0.39 is 5.79 Å². The minimum Gasteiger partial charge on any atom is -0.454 e. The van der Waals surface area contributed by atoms with E-state index in [0.29, 0.717) is 11.7 Å². The largest absolute Gasteiger partial charge is 0.454 e. The fourth-order valence-electron chi connectivity index (χ4n) is 5.64. The number of rotatable bonds is 0. The standard InChI is InChI=1S/C19H21NO5/c1-19(2)24-14-5-9-3-4-20-16(9)15(17(14)25-19)10-6-12-13(23-8-22-12)7-11(10)18(20)21/h6-7,9,14-17H,3-5,8H2,1-2H3/t9-,14+,15+,16-,17+/m1/s1. The molecule has 1 aromatic carbocycles. The third kappa shape index (κ3) is 1.79. The zero-order valence-corrected chi connectivity index (χ0v) is 14.4. The number of ether oxygens (including phenoxy) is 4. The Kier molecular flexibility index (Phi) is 2.58. The number of carbonyl (C=O) groups is 1. The van der Waals surface area contributed by atoms with Crippen molar-refractivity contribution >= 4 is 5.91 Å². The summed E-state index contributed by atoms with van der Waals surface area (Å²) in [6, 6.07) is 4.07. The monoisotopic (exact) mass is 343 g/mol. The van der Waals surface area contributed by atoms with Crippen molar-refractivity contribution in [2.75, 3.05) is 13.3 Å². The van der Waals surface area contributed by atoms with Crippen LogP contribution in [-0.4, -0.2) is 48.2 Å². The molecule has 6 nitrogen and oxygen atoms in total. The molecule has 1 aromatic rings. The Labute approximate surface area is 146 Å². The first-order valence-electron chi connectivity index (χ1n) is 9.12. The van der Waals surface area contributed by atoms with Crippen LogP contribution >= 0.6 is 0 Å². The lowest BCUT2D eigenvalue weighted by atomic mass is 9.68. The summed E-state index contributed by atoms with van der Waals surface area (Å²) < 4.78 is 23.6. The summed E-state index contributed by atoms with van der Waals surface area (Å²) in [6.07, 6.45) is 2.08. The van der Waals surface area contributed by atoms with Gasteiger partial charge in [-0.3, -0.25) is 4.79 Å². The van der Waals surface area contributed by atoms with Crippen molar-refractivity contribution in [1.29, 1.82) is 0 Å². The molecule has 3 fully saturated rings. The number of amides is 1. The molecule has 0 unspecified atom stereocenters. The van der Waals surface area contributed by atoms with Crippen molar-refractivity contribution in [3.05, 3.63) is 23.3 Å². The minimum atomic E-state index is -0.573. The highest BCUT2D eigenvalue weighted by atomic mass is 16.8. The highest BCUT2D eigenvalue weighted by Gasteiger charge is 2.60. The van der Waals surface area contributed by atoms with Gasteiger partial charge in [-0.1, -0.05) is 0 Å². The molecule has 0 aromatic heterocycles. The van der Waals surface area contributed by atoms with Crippen molar-refractivity contribution in [1.82, 2.24) is 4.90 Å². The first-order valence-corrected chi connectivity index (χ1v) is 9.12. The highest BCUT2D eigenvalue weighted by molar-refractivity contribution is 5.98. The van der Waals surface area contributed by atoms with E-state index in [2.05, 4.69) is 4.90 Å². The van der Waals surface area contributed by atoms with Gasteiger partial charge in [-0.25, -0.2) is 0 Å². The Hall–Kier alpha value is -1.79. The summed E-state index contributed by atoms with van der Waals surface area (Å²) in [4.78, 5) is 15.2. The zero-order chi connectivity index (χ0) is 16.9. The molecular weight excluding hydrogens is 322 g/mol. The SMILES string of the molecule is CC1(C)O[C@@H]2[C@H]3c4cc5c(cc4C(=O)N4CC[C@H](C[C@@H]2O1)[C@H]34)OCO5. The first kappa shape index (κ1) is 14.4. The molecule has 0 spiro atoms. The van der Waals surface area contributed by atoms with Crippen molar-refractivity contribution in [2.45, 2.75) is 56.6 Å². The van der Waals surface area contributed by atoms with Crippen molar-refractivity contribution in [3.63, 3.8) is 0 Å². The molecule has 1 amide bonds. The Morgan fingerprint density at radius 1 is 1.16 bits per heavy atom. The average Bonchev–Trinajstić information content (AvgIpc) is 3.25. The van der Waals surface area contributed by atoms with E-state index in [1.54, 1.807) is 0 Å². The van der Waals surface area contributed by atoms with E-state index in [1.165, 1.54) is 0 Å². The molecule has 0 bridgehead atoms. The molecule has 4 aliphatic heterocycles. The fraction of sp³-hybridized carbons (Fsp3) is 0.632. The maximum atomic E-state index is 13.1. The van der Waals surface area contributed by atoms with Gasteiger partial charge in [0.2, 0.25) is 6.79 Å². The number of hydrogen-bond acceptors (Lipinski definition) is 5. The maximum absolute atomic E-state index is 13.1. The second-order valence-corrected chi connectivity index (χ2v) is 8.23. The minimum absolute atomic E-state index is 0.0240. The molecule has 4 heterocycles. The topological polar surface area (TPSA) is 57.2 Å². The second kappa shape index (κ2) is 4.48. The van der Waals surface area contributed by atoms with Gasteiger partial charge in [0, 0.05) is 24.1 Å². The fourth-order valence-corrected chi connectivity index (χ4v) is 5.64. The number of nitrogens with zero attached hydrogens (tertiary/aromatic N) is 1. The summed E-state index contributed by atoms with van der Waals surface area (Å²) in [6.45, 7) is 4.99. The van der Waals surface area contributed by atoms with Gasteiger partial charge in [-0.2, -0.15) is 0 Å². The van der Waals surface area contributed by atoms with Gasteiger partial charge < -0.3 is 23.8 Å². The van der Waals surface area contributed by atoms with Gasteiger partial charge in [0.25, 0.3) is 5.91 Å². The molecule has 1 saturated carbocycles. The predicted octanol–water partition coefficient (Wildman–Crippen LogP) is 2.27. The van der Waals surface area contributed by atoms with Crippen molar-refractivity contribution in [3.8, 4) is 11.5 Å². The predicted molar refractivity (Wildman–Crippen MR) is 86.7 cm³/mol. The van der Waals surface area contributed by atoms with Gasteiger partial charge in [0.05, 0.1) is 12.2 Å². The maximum Gasteiger partial charge on any atom is 0.254 e. The van der Waals surface area contributed by atoms with E-state index >= 15 is 0 Å².